The highest BCUT2D eigenvalue weighted by atomic mass is 32.1. The van der Waals surface area contributed by atoms with Crippen molar-refractivity contribution in [3.8, 4) is 11.3 Å². The highest BCUT2D eigenvalue weighted by molar-refractivity contribution is 7.15. The second-order valence-electron chi connectivity index (χ2n) is 6.96. The van der Waals surface area contributed by atoms with Crippen molar-refractivity contribution in [2.45, 2.75) is 33.1 Å². The molecule has 154 valence electrons. The second-order valence-corrected chi connectivity index (χ2v) is 7.80. The first-order chi connectivity index (χ1) is 14.0. The minimum Gasteiger partial charge on any atom is -0.326 e. The van der Waals surface area contributed by atoms with Crippen LogP contribution in [0.15, 0.2) is 29.6 Å². The van der Waals surface area contributed by atoms with Crippen molar-refractivity contribution in [1.29, 1.82) is 0 Å². The minimum atomic E-state index is -0.108. The molecule has 9 heteroatoms. The summed E-state index contributed by atoms with van der Waals surface area (Å²) in [7, 11) is 2.03. The lowest BCUT2D eigenvalue weighted by atomic mass is 10.1. The van der Waals surface area contributed by atoms with Gasteiger partial charge in [0.1, 0.15) is 0 Å². The quantitative estimate of drug-likeness (QED) is 0.559. The number of nitrogens with zero attached hydrogens (tertiary/aromatic N) is 4. The topological polar surface area (TPSA) is 91.6 Å². The number of carbonyl (C=O) groups excluding carboxylic acids is 2. The summed E-state index contributed by atoms with van der Waals surface area (Å²) in [6.07, 6.45) is 2.68. The van der Waals surface area contributed by atoms with Crippen LogP contribution in [0.5, 0.6) is 0 Å². The van der Waals surface area contributed by atoms with Gasteiger partial charge in [-0.3, -0.25) is 14.9 Å². The summed E-state index contributed by atoms with van der Waals surface area (Å²) in [6, 6.07) is 7.52. The fraction of sp³-hybridized carbons (Fsp3) is 0.400. The number of thiazole rings is 1. The zero-order chi connectivity index (χ0) is 20.8. The molecular weight excluding hydrogens is 388 g/mol. The number of benzene rings is 1. The third-order valence-electron chi connectivity index (χ3n) is 4.45. The number of amides is 2. The van der Waals surface area contributed by atoms with E-state index in [1.165, 1.54) is 18.3 Å². The molecule has 2 aromatic heterocycles. The molecule has 0 saturated heterocycles. The van der Waals surface area contributed by atoms with Crippen LogP contribution in [0.2, 0.25) is 0 Å². The van der Waals surface area contributed by atoms with Crippen molar-refractivity contribution in [2.24, 2.45) is 0 Å². The summed E-state index contributed by atoms with van der Waals surface area (Å²) in [5, 5.41) is 11.9. The molecule has 0 atom stereocenters. The smallest absolute Gasteiger partial charge is 0.250 e. The molecule has 0 radical (unpaired) electrons. The van der Waals surface area contributed by atoms with Crippen LogP contribution >= 0.6 is 11.3 Å². The molecule has 2 amide bonds. The van der Waals surface area contributed by atoms with Crippen molar-refractivity contribution in [2.75, 3.05) is 30.8 Å². The fourth-order valence-corrected chi connectivity index (χ4v) is 3.71. The van der Waals surface area contributed by atoms with Crippen LogP contribution in [-0.2, 0) is 9.59 Å². The van der Waals surface area contributed by atoms with Gasteiger partial charge < -0.3 is 10.2 Å². The number of hydrogen-bond acceptors (Lipinski definition) is 6. The Bertz CT molecular complexity index is 979. The predicted molar refractivity (Wildman–Crippen MR) is 116 cm³/mol. The molecule has 0 aliphatic rings. The average Bonchev–Trinajstić information content (AvgIpc) is 3.25. The zero-order valence-electron chi connectivity index (χ0n) is 16.9. The van der Waals surface area contributed by atoms with E-state index in [1.807, 2.05) is 36.7 Å². The average molecular weight is 415 g/mol. The molecule has 0 aliphatic heterocycles. The highest BCUT2D eigenvalue weighted by Gasteiger charge is 2.14. The van der Waals surface area contributed by atoms with E-state index in [4.69, 9.17) is 0 Å². The standard InChI is InChI=1S/C20H26N6O2S/c1-4-5-11-25(3)12-10-18(28)22-19-23-20-26(24-19)17(13-29-20)15-6-8-16(9-7-15)21-14(2)27/h6-9,13H,4-5,10-12H2,1-3H3,(H,21,27)(H,22,24,28). The number of hydrogen-bond donors (Lipinski definition) is 2. The SMILES string of the molecule is CCCCN(C)CCC(=O)Nc1nc2scc(-c3ccc(NC(C)=O)cc3)n2n1. The lowest BCUT2D eigenvalue weighted by molar-refractivity contribution is -0.116. The van der Waals surface area contributed by atoms with Gasteiger partial charge in [-0.1, -0.05) is 25.5 Å². The van der Waals surface area contributed by atoms with Gasteiger partial charge in [0, 0.05) is 36.5 Å². The van der Waals surface area contributed by atoms with E-state index in [0.29, 0.717) is 23.9 Å². The first-order valence-electron chi connectivity index (χ1n) is 9.67. The van der Waals surface area contributed by atoms with Gasteiger partial charge in [0.25, 0.3) is 0 Å². The van der Waals surface area contributed by atoms with E-state index in [9.17, 15) is 9.59 Å². The molecular formula is C20H26N6O2S. The Balaban J connectivity index is 1.65. The Kier molecular flexibility index (Phi) is 6.95. The van der Waals surface area contributed by atoms with Gasteiger partial charge in [0.05, 0.1) is 5.69 Å². The lowest BCUT2D eigenvalue weighted by Gasteiger charge is -2.15. The first-order valence-corrected chi connectivity index (χ1v) is 10.5. The normalized spacial score (nSPS) is 11.2. The van der Waals surface area contributed by atoms with Crippen molar-refractivity contribution >= 4 is 39.7 Å². The summed E-state index contributed by atoms with van der Waals surface area (Å²) in [5.41, 5.74) is 2.57. The number of carbonyl (C=O) groups is 2. The molecule has 8 nitrogen and oxygen atoms in total. The molecule has 29 heavy (non-hydrogen) atoms. The molecule has 0 spiro atoms. The number of rotatable bonds is 9. The summed E-state index contributed by atoms with van der Waals surface area (Å²) in [6.45, 7) is 5.33. The van der Waals surface area contributed by atoms with Crippen molar-refractivity contribution in [1.82, 2.24) is 19.5 Å². The van der Waals surface area contributed by atoms with Crippen molar-refractivity contribution < 1.29 is 9.59 Å². The largest absolute Gasteiger partial charge is 0.326 e. The van der Waals surface area contributed by atoms with Gasteiger partial charge in [0.15, 0.2) is 0 Å². The monoisotopic (exact) mass is 414 g/mol. The van der Waals surface area contributed by atoms with E-state index >= 15 is 0 Å². The van der Waals surface area contributed by atoms with Crippen LogP contribution < -0.4 is 10.6 Å². The van der Waals surface area contributed by atoms with Crippen molar-refractivity contribution in [3.63, 3.8) is 0 Å². The van der Waals surface area contributed by atoms with E-state index in [0.717, 1.165) is 36.3 Å². The van der Waals surface area contributed by atoms with Gasteiger partial charge in [-0.15, -0.1) is 16.4 Å². The van der Waals surface area contributed by atoms with Crippen LogP contribution in [0.4, 0.5) is 11.6 Å². The van der Waals surface area contributed by atoms with E-state index in [1.54, 1.807) is 4.52 Å². The number of unbranched alkanes of at least 4 members (excludes halogenated alkanes) is 1. The maximum absolute atomic E-state index is 12.2. The van der Waals surface area contributed by atoms with E-state index < -0.39 is 0 Å². The number of aromatic nitrogens is 3. The minimum absolute atomic E-state index is 0.0900. The lowest BCUT2D eigenvalue weighted by Crippen LogP contribution is -2.25. The highest BCUT2D eigenvalue weighted by Crippen LogP contribution is 2.27. The molecule has 2 N–H and O–H groups in total. The van der Waals surface area contributed by atoms with Crippen LogP contribution in [0.1, 0.15) is 33.1 Å². The van der Waals surface area contributed by atoms with Gasteiger partial charge in [-0.05, 0) is 32.1 Å². The molecule has 0 unspecified atom stereocenters. The molecule has 0 bridgehead atoms. The molecule has 0 saturated carbocycles. The Morgan fingerprint density at radius 3 is 2.62 bits per heavy atom. The Morgan fingerprint density at radius 2 is 1.93 bits per heavy atom. The first kappa shape index (κ1) is 20.9. The maximum atomic E-state index is 12.2. The maximum Gasteiger partial charge on any atom is 0.250 e. The predicted octanol–water partition coefficient (Wildman–Crippen LogP) is 3.48. The Hall–Kier alpha value is -2.78. The third-order valence-corrected chi connectivity index (χ3v) is 5.26. The van der Waals surface area contributed by atoms with Gasteiger partial charge in [0.2, 0.25) is 22.7 Å². The van der Waals surface area contributed by atoms with E-state index in [-0.39, 0.29) is 11.8 Å². The molecule has 0 aliphatic carbocycles. The van der Waals surface area contributed by atoms with Crippen LogP contribution in [0.25, 0.3) is 16.2 Å². The summed E-state index contributed by atoms with van der Waals surface area (Å²) in [4.78, 5) is 30.6. The number of fused-ring (bicyclic) bond motifs is 1. The fourth-order valence-electron chi connectivity index (χ4n) is 2.88. The molecule has 0 fully saturated rings. The van der Waals surface area contributed by atoms with E-state index in [2.05, 4.69) is 32.5 Å². The number of anilines is 2. The van der Waals surface area contributed by atoms with Gasteiger partial charge in [-0.25, -0.2) is 4.52 Å². The van der Waals surface area contributed by atoms with Crippen LogP contribution in [0.3, 0.4) is 0 Å². The Morgan fingerprint density at radius 1 is 1.17 bits per heavy atom. The molecule has 3 rings (SSSR count). The van der Waals surface area contributed by atoms with Crippen LogP contribution in [-0.4, -0.2) is 51.4 Å². The van der Waals surface area contributed by atoms with Crippen LogP contribution in [0, 0.1) is 0 Å². The summed E-state index contributed by atoms with van der Waals surface area (Å²) in [5.74, 6) is 0.117. The second kappa shape index (κ2) is 9.62. The third kappa shape index (κ3) is 5.61. The van der Waals surface area contributed by atoms with Crippen molar-refractivity contribution in [3.05, 3.63) is 29.6 Å². The Labute approximate surface area is 173 Å². The van der Waals surface area contributed by atoms with Gasteiger partial charge in [-0.2, -0.15) is 4.98 Å². The zero-order valence-corrected chi connectivity index (χ0v) is 17.8. The number of nitrogens with one attached hydrogen (secondary N) is 2. The summed E-state index contributed by atoms with van der Waals surface area (Å²) < 4.78 is 1.72. The molecule has 2 heterocycles. The van der Waals surface area contributed by atoms with Gasteiger partial charge >= 0.3 is 0 Å². The molecule has 1 aromatic carbocycles. The summed E-state index contributed by atoms with van der Waals surface area (Å²) >= 11 is 1.46. The molecule has 3 aromatic rings.